The van der Waals surface area contributed by atoms with Gasteiger partial charge in [-0.2, -0.15) is 0 Å². The Hall–Kier alpha value is -2.46. The first-order valence-corrected chi connectivity index (χ1v) is 7.03. The maximum Gasteiger partial charge on any atom is 0.122 e. The molecule has 1 atom stereocenters. The fraction of sp³-hybridized carbons (Fsp3) is 0.176. The van der Waals surface area contributed by atoms with Gasteiger partial charge in [-0.1, -0.05) is 18.2 Å². The molecular formula is C17H15N3O. The second-order valence-electron chi connectivity index (χ2n) is 5.25. The summed E-state index contributed by atoms with van der Waals surface area (Å²) >= 11 is 0. The largest absolute Gasteiger partial charge is 0.493 e. The summed E-state index contributed by atoms with van der Waals surface area (Å²) in [6.45, 7) is 0.763. The maximum absolute atomic E-state index is 6.41. The van der Waals surface area contributed by atoms with Crippen LogP contribution in [-0.2, 0) is 6.42 Å². The Kier molecular flexibility index (Phi) is 2.82. The fourth-order valence-electron chi connectivity index (χ4n) is 2.77. The SMILES string of the molecule is NC(c1ccc2c(c1)CCO2)c1ccc2nccnc2c1. The lowest BCUT2D eigenvalue weighted by molar-refractivity contribution is 0.357. The molecule has 3 aromatic rings. The van der Waals surface area contributed by atoms with Gasteiger partial charge < -0.3 is 10.5 Å². The molecule has 0 fully saturated rings. The Labute approximate surface area is 122 Å². The minimum atomic E-state index is -0.165. The smallest absolute Gasteiger partial charge is 0.122 e. The van der Waals surface area contributed by atoms with E-state index in [9.17, 15) is 0 Å². The van der Waals surface area contributed by atoms with Gasteiger partial charge in [-0.15, -0.1) is 0 Å². The predicted molar refractivity (Wildman–Crippen MR) is 81.2 cm³/mol. The highest BCUT2D eigenvalue weighted by Crippen LogP contribution is 2.30. The number of fused-ring (bicyclic) bond motifs is 2. The van der Waals surface area contributed by atoms with Crippen molar-refractivity contribution in [2.24, 2.45) is 5.73 Å². The first-order valence-electron chi connectivity index (χ1n) is 7.03. The normalized spacial score (nSPS) is 14.7. The molecular weight excluding hydrogens is 262 g/mol. The van der Waals surface area contributed by atoms with E-state index in [1.165, 1.54) is 5.56 Å². The first-order chi connectivity index (χ1) is 10.3. The van der Waals surface area contributed by atoms with E-state index in [-0.39, 0.29) is 6.04 Å². The number of hydrogen-bond donors (Lipinski definition) is 1. The lowest BCUT2D eigenvalue weighted by Gasteiger charge is -2.14. The van der Waals surface area contributed by atoms with Crippen LogP contribution >= 0.6 is 0 Å². The topological polar surface area (TPSA) is 61.0 Å². The zero-order valence-corrected chi connectivity index (χ0v) is 11.5. The summed E-state index contributed by atoms with van der Waals surface area (Å²) in [5.41, 5.74) is 11.6. The Bertz CT molecular complexity index is 816. The van der Waals surface area contributed by atoms with Crippen molar-refractivity contribution in [3.63, 3.8) is 0 Å². The molecule has 2 aromatic carbocycles. The second-order valence-corrected chi connectivity index (χ2v) is 5.25. The molecule has 4 nitrogen and oxygen atoms in total. The van der Waals surface area contributed by atoms with Crippen molar-refractivity contribution in [1.82, 2.24) is 9.97 Å². The van der Waals surface area contributed by atoms with E-state index < -0.39 is 0 Å². The monoisotopic (exact) mass is 277 g/mol. The molecule has 0 aliphatic carbocycles. The second kappa shape index (κ2) is 4.82. The fourth-order valence-corrected chi connectivity index (χ4v) is 2.77. The molecule has 1 aliphatic rings. The number of hydrogen-bond acceptors (Lipinski definition) is 4. The van der Waals surface area contributed by atoms with Crippen LogP contribution in [0.4, 0.5) is 0 Å². The number of nitrogens with zero attached hydrogens (tertiary/aromatic N) is 2. The van der Waals surface area contributed by atoms with Crippen LogP contribution in [0.3, 0.4) is 0 Å². The Morgan fingerprint density at radius 2 is 1.71 bits per heavy atom. The van der Waals surface area contributed by atoms with Crippen LogP contribution < -0.4 is 10.5 Å². The van der Waals surface area contributed by atoms with Crippen molar-refractivity contribution in [2.45, 2.75) is 12.5 Å². The van der Waals surface area contributed by atoms with Gasteiger partial charge in [-0.05, 0) is 34.9 Å². The van der Waals surface area contributed by atoms with Crippen LogP contribution in [0.15, 0.2) is 48.8 Å². The van der Waals surface area contributed by atoms with Crippen molar-refractivity contribution < 1.29 is 4.74 Å². The molecule has 1 aromatic heterocycles. The zero-order chi connectivity index (χ0) is 14.2. The van der Waals surface area contributed by atoms with Crippen molar-refractivity contribution in [2.75, 3.05) is 6.61 Å². The number of aromatic nitrogens is 2. The molecule has 4 heteroatoms. The molecule has 1 unspecified atom stereocenters. The van der Waals surface area contributed by atoms with Gasteiger partial charge in [0.05, 0.1) is 23.7 Å². The van der Waals surface area contributed by atoms with Gasteiger partial charge in [0, 0.05) is 18.8 Å². The average molecular weight is 277 g/mol. The summed E-state index contributed by atoms with van der Waals surface area (Å²) in [6, 6.07) is 12.0. The molecule has 4 rings (SSSR count). The van der Waals surface area contributed by atoms with E-state index in [2.05, 4.69) is 16.0 Å². The van der Waals surface area contributed by atoms with Gasteiger partial charge in [0.2, 0.25) is 0 Å². The van der Waals surface area contributed by atoms with Crippen molar-refractivity contribution in [3.05, 3.63) is 65.5 Å². The molecule has 0 radical (unpaired) electrons. The quantitative estimate of drug-likeness (QED) is 0.782. The van der Waals surface area contributed by atoms with Crippen molar-refractivity contribution in [1.29, 1.82) is 0 Å². The minimum Gasteiger partial charge on any atom is -0.493 e. The highest BCUT2D eigenvalue weighted by molar-refractivity contribution is 5.74. The van der Waals surface area contributed by atoms with Gasteiger partial charge in [0.15, 0.2) is 0 Å². The van der Waals surface area contributed by atoms with Gasteiger partial charge in [0.25, 0.3) is 0 Å². The summed E-state index contributed by atoms with van der Waals surface area (Å²) in [5.74, 6) is 0.982. The molecule has 0 saturated heterocycles. The maximum atomic E-state index is 6.41. The van der Waals surface area contributed by atoms with E-state index >= 15 is 0 Å². The molecule has 2 N–H and O–H groups in total. The highest BCUT2D eigenvalue weighted by Gasteiger charge is 2.16. The van der Waals surface area contributed by atoms with Gasteiger partial charge in [-0.25, -0.2) is 0 Å². The summed E-state index contributed by atoms with van der Waals surface area (Å²) in [7, 11) is 0. The lowest BCUT2D eigenvalue weighted by Crippen LogP contribution is -2.12. The van der Waals surface area contributed by atoms with Gasteiger partial charge >= 0.3 is 0 Å². The summed E-state index contributed by atoms with van der Waals surface area (Å²) in [4.78, 5) is 8.62. The third-order valence-electron chi connectivity index (χ3n) is 3.93. The van der Waals surface area contributed by atoms with E-state index in [4.69, 9.17) is 10.5 Å². The van der Waals surface area contributed by atoms with Crippen LogP contribution in [0, 0.1) is 0 Å². The highest BCUT2D eigenvalue weighted by atomic mass is 16.5. The van der Waals surface area contributed by atoms with E-state index in [0.29, 0.717) is 0 Å². The Morgan fingerprint density at radius 1 is 0.952 bits per heavy atom. The Morgan fingerprint density at radius 3 is 2.62 bits per heavy atom. The van der Waals surface area contributed by atoms with Crippen LogP contribution in [0.5, 0.6) is 5.75 Å². The number of nitrogens with two attached hydrogens (primary N) is 1. The molecule has 0 bridgehead atoms. The standard InChI is InChI=1S/C17H15N3O/c18-17(12-2-4-16-11(9-12)5-8-21-16)13-1-3-14-15(10-13)20-7-6-19-14/h1-4,6-7,9-10,17H,5,8,18H2. The third-order valence-corrected chi connectivity index (χ3v) is 3.93. The van der Waals surface area contributed by atoms with Crippen LogP contribution in [-0.4, -0.2) is 16.6 Å². The molecule has 0 spiro atoms. The van der Waals surface area contributed by atoms with E-state index in [1.807, 2.05) is 30.3 Å². The molecule has 104 valence electrons. The molecule has 0 saturated carbocycles. The zero-order valence-electron chi connectivity index (χ0n) is 11.5. The summed E-state index contributed by atoms with van der Waals surface area (Å²) < 4.78 is 5.54. The average Bonchev–Trinajstić information content (AvgIpc) is 3.01. The Balaban J connectivity index is 1.73. The first kappa shape index (κ1) is 12.3. The van der Waals surface area contributed by atoms with Crippen molar-refractivity contribution in [3.8, 4) is 5.75 Å². The molecule has 2 heterocycles. The number of benzene rings is 2. The van der Waals surface area contributed by atoms with Gasteiger partial charge in [-0.3, -0.25) is 9.97 Å². The number of ether oxygens (including phenoxy) is 1. The molecule has 21 heavy (non-hydrogen) atoms. The number of rotatable bonds is 2. The summed E-state index contributed by atoms with van der Waals surface area (Å²) in [6.07, 6.45) is 4.35. The van der Waals surface area contributed by atoms with Gasteiger partial charge in [0.1, 0.15) is 5.75 Å². The van der Waals surface area contributed by atoms with Crippen LogP contribution in [0.2, 0.25) is 0 Å². The van der Waals surface area contributed by atoms with Crippen molar-refractivity contribution >= 4 is 11.0 Å². The van der Waals surface area contributed by atoms with E-state index in [1.54, 1.807) is 12.4 Å². The predicted octanol–water partition coefficient (Wildman–Crippen LogP) is 2.61. The molecule has 1 aliphatic heterocycles. The summed E-state index contributed by atoms with van der Waals surface area (Å²) in [5, 5.41) is 0. The van der Waals surface area contributed by atoms with Crippen LogP contribution in [0.1, 0.15) is 22.7 Å². The lowest BCUT2D eigenvalue weighted by atomic mass is 9.97. The minimum absolute atomic E-state index is 0.165. The van der Waals surface area contributed by atoms with E-state index in [0.717, 1.165) is 40.9 Å². The van der Waals surface area contributed by atoms with Crippen LogP contribution in [0.25, 0.3) is 11.0 Å². The molecule has 0 amide bonds. The third kappa shape index (κ3) is 2.14.